The Bertz CT molecular complexity index is 1230. The molecule has 2 aromatic carbocycles. The van der Waals surface area contributed by atoms with Gasteiger partial charge in [0.05, 0.1) is 19.0 Å². The molecule has 11 heteroatoms. The second-order valence-electron chi connectivity index (χ2n) is 10.6. The molecule has 0 spiro atoms. The number of anilines is 2. The molecule has 3 saturated heterocycles. The number of rotatable bonds is 11. The Morgan fingerprint density at radius 2 is 1.56 bits per heavy atom. The fraction of sp³-hybridized carbons (Fsp3) is 0.500. The molecule has 3 aliphatic rings. The second-order valence-corrected chi connectivity index (χ2v) is 12.8. The summed E-state index contributed by atoms with van der Waals surface area (Å²) in [5.74, 6) is 0.286. The maximum atomic E-state index is 10.7. The molecule has 0 radical (unpaired) electrons. The summed E-state index contributed by atoms with van der Waals surface area (Å²) in [5, 5.41) is 8.57. The van der Waals surface area contributed by atoms with Gasteiger partial charge in [-0.2, -0.15) is 15.0 Å². The summed E-state index contributed by atoms with van der Waals surface area (Å²) in [7, 11) is 0. The molecule has 0 saturated carbocycles. The zero-order chi connectivity index (χ0) is 27.9. The van der Waals surface area contributed by atoms with Crippen LogP contribution < -0.4 is 35.7 Å². The van der Waals surface area contributed by atoms with Crippen molar-refractivity contribution in [3.8, 4) is 5.75 Å². The molecule has 0 bridgehead atoms. The van der Waals surface area contributed by atoms with Crippen molar-refractivity contribution in [2.24, 2.45) is 5.92 Å². The predicted molar refractivity (Wildman–Crippen MR) is 150 cm³/mol. The third kappa shape index (κ3) is 7.02. The van der Waals surface area contributed by atoms with Crippen LogP contribution in [0.2, 0.25) is 0 Å². The summed E-state index contributed by atoms with van der Waals surface area (Å²) in [5.41, 5.74) is 3.71. The molecular formula is C30H37IN5O5-. The van der Waals surface area contributed by atoms with Gasteiger partial charge in [-0.1, -0.05) is 0 Å². The molecule has 10 nitrogen and oxygen atoms in total. The van der Waals surface area contributed by atoms with Crippen LogP contribution in [0.3, 0.4) is 0 Å². The molecule has 41 heavy (non-hydrogen) atoms. The summed E-state index contributed by atoms with van der Waals surface area (Å²) in [6.45, 7) is 6.65. The topological polar surface area (TPSA) is 91.2 Å². The predicted octanol–water partition coefficient (Wildman–Crippen LogP) is 0.00120. The summed E-state index contributed by atoms with van der Waals surface area (Å²) < 4.78 is 26.6. The molecule has 3 aliphatic heterocycles. The first kappa shape index (κ1) is 28.4. The second kappa shape index (κ2) is 13.5. The van der Waals surface area contributed by atoms with Crippen molar-refractivity contribution in [2.75, 3.05) is 62.4 Å². The van der Waals surface area contributed by atoms with Crippen LogP contribution in [0.4, 0.5) is 11.4 Å². The number of piperazine rings is 1. The van der Waals surface area contributed by atoms with Gasteiger partial charge in [0.1, 0.15) is 25.0 Å². The first-order valence-electron chi connectivity index (χ1n) is 14.3. The Morgan fingerprint density at radius 3 is 2.20 bits per heavy atom. The van der Waals surface area contributed by atoms with E-state index in [1.165, 1.54) is 16.9 Å². The quantitative estimate of drug-likeness (QED) is 0.121. The number of halogens is 1. The van der Waals surface area contributed by atoms with Crippen LogP contribution in [0, 0.1) is 5.92 Å². The molecule has 0 aliphatic carbocycles. The third-order valence-electron chi connectivity index (χ3n) is 8.06. The van der Waals surface area contributed by atoms with Crippen molar-refractivity contribution < 1.29 is 44.9 Å². The number of carbonyl (C=O) groups excluding carboxylic acids is 1. The molecule has 0 N–H and O–H groups in total. The molecule has 3 aromatic rings. The third-order valence-corrected chi connectivity index (χ3v) is 9.75. The molecular weight excluding hydrogens is 637 g/mol. The van der Waals surface area contributed by atoms with Gasteiger partial charge in [0.2, 0.25) is 0 Å². The molecule has 2 atom stereocenters. The van der Waals surface area contributed by atoms with E-state index in [1.54, 1.807) is 17.2 Å². The Morgan fingerprint density at radius 1 is 0.927 bits per heavy atom. The van der Waals surface area contributed by atoms with Crippen molar-refractivity contribution in [3.63, 3.8) is 0 Å². The van der Waals surface area contributed by atoms with Crippen molar-refractivity contribution in [1.82, 2.24) is 15.0 Å². The molecule has 6 rings (SSSR count). The fourth-order valence-electron chi connectivity index (χ4n) is 5.83. The van der Waals surface area contributed by atoms with E-state index < -0.39 is 5.79 Å². The van der Waals surface area contributed by atoms with E-state index in [4.69, 9.17) is 18.9 Å². The Labute approximate surface area is 251 Å². The normalized spacial score (nSPS) is 23.7. The van der Waals surface area contributed by atoms with Crippen molar-refractivity contribution >= 4 is 15.7 Å². The average Bonchev–Trinajstić information content (AvgIpc) is 3.71. The first-order chi connectivity index (χ1) is 20.2. The van der Waals surface area contributed by atoms with Gasteiger partial charge in [-0.15, -0.1) is 0 Å². The van der Waals surface area contributed by atoms with Crippen molar-refractivity contribution in [1.29, 1.82) is 0 Å². The minimum absolute atomic E-state index is 0.165. The zero-order valence-electron chi connectivity index (χ0n) is 23.1. The summed E-state index contributed by atoms with van der Waals surface area (Å²) in [6, 6.07) is 17.0. The van der Waals surface area contributed by atoms with Crippen LogP contribution in [0.15, 0.2) is 60.9 Å². The number of hydrogen-bond acceptors (Lipinski definition) is 9. The monoisotopic (exact) mass is 674 g/mol. The van der Waals surface area contributed by atoms with Crippen LogP contribution in [0.25, 0.3) is 0 Å². The van der Waals surface area contributed by atoms with Crippen LogP contribution in [-0.4, -0.2) is 83.8 Å². The molecule has 2 unspecified atom stereocenters. The number of aromatic nitrogens is 3. The molecule has 220 valence electrons. The van der Waals surface area contributed by atoms with Crippen molar-refractivity contribution in [3.05, 3.63) is 66.5 Å². The maximum absolute atomic E-state index is 10.7. The molecule has 0 amide bonds. The van der Waals surface area contributed by atoms with E-state index in [0.29, 0.717) is 33.0 Å². The average molecular weight is 675 g/mol. The molecule has 4 heterocycles. The summed E-state index contributed by atoms with van der Waals surface area (Å²) >= 11 is -0.361. The summed E-state index contributed by atoms with van der Waals surface area (Å²) in [6.07, 6.45) is 4.97. The molecule has 3 fully saturated rings. The number of benzene rings is 2. The Hall–Kier alpha value is -2.74. The zero-order valence-corrected chi connectivity index (χ0v) is 25.3. The van der Waals surface area contributed by atoms with Gasteiger partial charge in [-0.3, -0.25) is 0 Å². The van der Waals surface area contributed by atoms with Crippen LogP contribution in [0.5, 0.6) is 5.75 Å². The van der Waals surface area contributed by atoms with Gasteiger partial charge in [-0.05, 0) is 12.8 Å². The van der Waals surface area contributed by atoms with Crippen LogP contribution >= 0.6 is 0 Å². The number of nitrogens with zero attached hydrogens (tertiary/aromatic N) is 5. The number of alkyl halides is 1. The van der Waals surface area contributed by atoms with Gasteiger partial charge in [0.25, 0.3) is 0 Å². The number of ether oxygens (including phenoxy) is 4. The number of hydrogen-bond donors (Lipinski definition) is 0. The van der Waals surface area contributed by atoms with Gasteiger partial charge < -0.3 is 18.9 Å². The van der Waals surface area contributed by atoms with Crippen LogP contribution in [-0.2, 0) is 30.0 Å². The molecule has 1 aromatic heterocycles. The Kier molecular flexibility index (Phi) is 9.34. The van der Waals surface area contributed by atoms with E-state index in [-0.39, 0.29) is 33.2 Å². The van der Waals surface area contributed by atoms with E-state index >= 15 is 0 Å². The van der Waals surface area contributed by atoms with E-state index in [9.17, 15) is 4.79 Å². The van der Waals surface area contributed by atoms with E-state index in [1.807, 2.05) is 12.1 Å². The minimum atomic E-state index is -0.761. The van der Waals surface area contributed by atoms with Gasteiger partial charge >= 0.3 is 136 Å². The van der Waals surface area contributed by atoms with E-state index in [0.717, 1.165) is 53.5 Å². The Balaban J connectivity index is 0.989. The summed E-state index contributed by atoms with van der Waals surface area (Å²) in [4.78, 5) is 17.2. The number of carbonyl (C=O) groups is 1. The van der Waals surface area contributed by atoms with Gasteiger partial charge in [0.15, 0.2) is 5.79 Å². The van der Waals surface area contributed by atoms with E-state index in [2.05, 4.69) is 56.4 Å². The van der Waals surface area contributed by atoms with Gasteiger partial charge in [0, 0.05) is 19.1 Å². The SMILES string of the molecule is O=C[I-]Cc1ccc(N2CCN(c3ccc(OCC4COC(Cn5nccn5)(C5CCOCC5)O4)cc3)CC2)cc1. The van der Waals surface area contributed by atoms with Crippen LogP contribution in [0.1, 0.15) is 18.4 Å². The standard InChI is InChI=1S/C30H37IN5O5/c37-23-31-19-24-1-3-26(4-2-24)34-13-15-35(16-14-34)27-5-7-28(8-6-27)39-20-29-21-40-30(41-29,22-36-32-11-12-33-36)25-9-17-38-18-10-25/h1-8,11-12,23,25,29H,9-10,13-22H2/q-1. The fourth-order valence-corrected chi connectivity index (χ4v) is 7.03. The van der Waals surface area contributed by atoms with Gasteiger partial charge in [-0.25, -0.2) is 0 Å². The first-order valence-corrected chi connectivity index (χ1v) is 17.0. The van der Waals surface area contributed by atoms with Crippen molar-refractivity contribution in [2.45, 2.75) is 35.7 Å².